The van der Waals surface area contributed by atoms with Gasteiger partial charge in [-0.3, -0.25) is 5.10 Å². The van der Waals surface area contributed by atoms with E-state index in [2.05, 4.69) is 38.0 Å². The van der Waals surface area contributed by atoms with Gasteiger partial charge >= 0.3 is 0 Å². The van der Waals surface area contributed by atoms with Crippen molar-refractivity contribution in [2.24, 2.45) is 0 Å². The SMILES string of the molecule is COc1ccc2c(c1)CN(c1nccc(-c3cc(F)cc(C#Cc4ccc5[nH]ncc5c4)c3)n1)C2. The Bertz CT molecular complexity index is 1630. The number of rotatable bonds is 3. The molecule has 35 heavy (non-hydrogen) atoms. The standard InChI is InChI=1S/C28H20FN5O/c1-35-25-6-5-20-16-34(17-23(20)14-25)28-30-9-8-26(32-28)21-11-19(12-24(29)13-21)3-2-18-4-7-27-22(10-18)15-31-33-27/h4-15H,16-17H2,1H3,(H,31,33). The second kappa shape index (κ2) is 8.58. The van der Waals surface area contributed by atoms with Gasteiger partial charge in [-0.15, -0.1) is 0 Å². The van der Waals surface area contributed by atoms with E-state index in [0.717, 1.165) is 22.2 Å². The van der Waals surface area contributed by atoms with Crippen LogP contribution in [-0.2, 0) is 13.1 Å². The van der Waals surface area contributed by atoms with Crippen molar-refractivity contribution in [3.05, 3.63) is 101 Å². The topological polar surface area (TPSA) is 66.9 Å². The summed E-state index contributed by atoms with van der Waals surface area (Å²) in [4.78, 5) is 11.3. The van der Waals surface area contributed by atoms with Crippen molar-refractivity contribution in [1.29, 1.82) is 0 Å². The quantitative estimate of drug-likeness (QED) is 0.379. The molecule has 6 rings (SSSR count). The van der Waals surface area contributed by atoms with Gasteiger partial charge in [0.15, 0.2) is 0 Å². The lowest BCUT2D eigenvalue weighted by atomic mass is 10.1. The number of aromatic amines is 1. The number of benzene rings is 3. The molecule has 0 saturated heterocycles. The highest BCUT2D eigenvalue weighted by Gasteiger charge is 2.22. The molecule has 3 aromatic carbocycles. The summed E-state index contributed by atoms with van der Waals surface area (Å²) >= 11 is 0. The van der Waals surface area contributed by atoms with Gasteiger partial charge in [0.1, 0.15) is 11.6 Å². The Labute approximate surface area is 201 Å². The fourth-order valence-electron chi connectivity index (χ4n) is 4.28. The van der Waals surface area contributed by atoms with Crippen LogP contribution in [0.4, 0.5) is 10.3 Å². The lowest BCUT2D eigenvalue weighted by Gasteiger charge is -2.15. The molecule has 170 valence electrons. The maximum Gasteiger partial charge on any atom is 0.226 e. The Morgan fingerprint density at radius 2 is 1.83 bits per heavy atom. The maximum atomic E-state index is 14.5. The lowest BCUT2D eigenvalue weighted by molar-refractivity contribution is 0.414. The van der Waals surface area contributed by atoms with E-state index < -0.39 is 0 Å². The molecule has 0 radical (unpaired) electrons. The first-order valence-electron chi connectivity index (χ1n) is 11.1. The normalized spacial score (nSPS) is 12.3. The molecule has 1 N–H and O–H groups in total. The summed E-state index contributed by atoms with van der Waals surface area (Å²) < 4.78 is 19.9. The summed E-state index contributed by atoms with van der Waals surface area (Å²) in [5, 5.41) is 7.93. The first-order valence-corrected chi connectivity index (χ1v) is 11.1. The number of fused-ring (bicyclic) bond motifs is 2. The van der Waals surface area contributed by atoms with E-state index in [9.17, 15) is 4.39 Å². The molecule has 7 heteroatoms. The van der Waals surface area contributed by atoms with Gasteiger partial charge in [-0.2, -0.15) is 5.10 Å². The first kappa shape index (κ1) is 20.9. The molecule has 0 spiro atoms. The molecule has 3 heterocycles. The Balaban J connectivity index is 1.28. The summed E-state index contributed by atoms with van der Waals surface area (Å²) in [7, 11) is 1.66. The summed E-state index contributed by atoms with van der Waals surface area (Å²) in [5.74, 6) is 7.26. The van der Waals surface area contributed by atoms with Crippen molar-refractivity contribution in [1.82, 2.24) is 20.2 Å². The fraction of sp³-hybridized carbons (Fsp3) is 0.107. The van der Waals surface area contributed by atoms with Gasteiger partial charge in [-0.05, 0) is 65.7 Å². The fourth-order valence-corrected chi connectivity index (χ4v) is 4.28. The van der Waals surface area contributed by atoms with Crippen LogP contribution in [0.1, 0.15) is 22.3 Å². The number of H-pyrrole nitrogens is 1. The Morgan fingerprint density at radius 1 is 0.943 bits per heavy atom. The molecule has 0 aliphatic carbocycles. The lowest BCUT2D eigenvalue weighted by Crippen LogP contribution is -2.17. The molecule has 6 nitrogen and oxygen atoms in total. The van der Waals surface area contributed by atoms with E-state index in [1.807, 2.05) is 36.4 Å². The summed E-state index contributed by atoms with van der Waals surface area (Å²) in [5.41, 5.74) is 6.07. The molecule has 0 atom stereocenters. The van der Waals surface area contributed by atoms with Crippen molar-refractivity contribution >= 4 is 16.9 Å². The molecule has 1 aliphatic rings. The van der Waals surface area contributed by atoms with E-state index in [1.165, 1.54) is 23.3 Å². The van der Waals surface area contributed by atoms with Gasteiger partial charge in [-0.1, -0.05) is 17.9 Å². The molecule has 2 aromatic heterocycles. The van der Waals surface area contributed by atoms with Gasteiger partial charge in [0, 0.05) is 41.4 Å². The molecule has 0 saturated carbocycles. The highest BCUT2D eigenvalue weighted by atomic mass is 19.1. The van der Waals surface area contributed by atoms with Crippen LogP contribution < -0.4 is 9.64 Å². The van der Waals surface area contributed by atoms with Crippen LogP contribution in [0.25, 0.3) is 22.2 Å². The molecule has 0 unspecified atom stereocenters. The number of anilines is 1. The zero-order valence-electron chi connectivity index (χ0n) is 18.9. The van der Waals surface area contributed by atoms with Gasteiger partial charge < -0.3 is 9.64 Å². The molecular formula is C28H20FN5O. The number of nitrogens with zero attached hydrogens (tertiary/aromatic N) is 4. The highest BCUT2D eigenvalue weighted by molar-refractivity contribution is 5.79. The summed E-state index contributed by atoms with van der Waals surface area (Å²) in [6.45, 7) is 1.40. The van der Waals surface area contributed by atoms with E-state index in [-0.39, 0.29) is 5.82 Å². The van der Waals surface area contributed by atoms with Crippen molar-refractivity contribution in [3.8, 4) is 28.8 Å². The largest absolute Gasteiger partial charge is 0.497 e. The molecular weight excluding hydrogens is 441 g/mol. The number of halogens is 1. The Morgan fingerprint density at radius 3 is 2.74 bits per heavy atom. The summed E-state index contributed by atoms with van der Waals surface area (Å²) in [6.07, 6.45) is 3.46. The minimum absolute atomic E-state index is 0.363. The number of ether oxygens (including phenoxy) is 1. The number of hydrogen-bond acceptors (Lipinski definition) is 5. The van der Waals surface area contributed by atoms with Crippen LogP contribution >= 0.6 is 0 Å². The van der Waals surface area contributed by atoms with Crippen molar-refractivity contribution < 1.29 is 9.13 Å². The Kier molecular flexibility index (Phi) is 5.12. The maximum absolute atomic E-state index is 14.5. The molecule has 5 aromatic rings. The van der Waals surface area contributed by atoms with Gasteiger partial charge in [0.2, 0.25) is 5.95 Å². The third-order valence-corrected chi connectivity index (χ3v) is 6.05. The van der Waals surface area contributed by atoms with Crippen LogP contribution in [0, 0.1) is 17.7 Å². The average molecular weight is 462 g/mol. The zero-order valence-corrected chi connectivity index (χ0v) is 18.9. The second-order valence-corrected chi connectivity index (χ2v) is 8.38. The van der Waals surface area contributed by atoms with Crippen LogP contribution in [0.15, 0.2) is 73.1 Å². The van der Waals surface area contributed by atoms with Crippen LogP contribution in [0.3, 0.4) is 0 Å². The predicted octanol–water partition coefficient (Wildman–Crippen LogP) is 5.09. The van der Waals surface area contributed by atoms with Crippen LogP contribution in [-0.4, -0.2) is 27.3 Å². The average Bonchev–Trinajstić information content (AvgIpc) is 3.53. The highest BCUT2D eigenvalue weighted by Crippen LogP contribution is 2.30. The van der Waals surface area contributed by atoms with Crippen molar-refractivity contribution in [2.45, 2.75) is 13.1 Å². The zero-order chi connectivity index (χ0) is 23.8. The molecule has 0 amide bonds. The van der Waals surface area contributed by atoms with Crippen LogP contribution in [0.5, 0.6) is 5.75 Å². The van der Waals surface area contributed by atoms with E-state index in [1.54, 1.807) is 25.6 Å². The van der Waals surface area contributed by atoms with Crippen molar-refractivity contribution in [3.63, 3.8) is 0 Å². The van der Waals surface area contributed by atoms with Crippen molar-refractivity contribution in [2.75, 3.05) is 12.0 Å². The molecule has 0 fully saturated rings. The van der Waals surface area contributed by atoms with Gasteiger partial charge in [-0.25, -0.2) is 14.4 Å². The smallest absolute Gasteiger partial charge is 0.226 e. The predicted molar refractivity (Wildman–Crippen MR) is 132 cm³/mol. The molecule has 1 aliphatic heterocycles. The van der Waals surface area contributed by atoms with Gasteiger partial charge in [0.05, 0.1) is 24.5 Å². The minimum atomic E-state index is -0.363. The van der Waals surface area contributed by atoms with E-state index in [0.29, 0.717) is 35.9 Å². The Hall–Kier alpha value is -4.70. The number of hydrogen-bond donors (Lipinski definition) is 1. The number of aromatic nitrogens is 4. The second-order valence-electron chi connectivity index (χ2n) is 8.38. The summed E-state index contributed by atoms with van der Waals surface area (Å²) in [6, 6.07) is 18.4. The minimum Gasteiger partial charge on any atom is -0.497 e. The van der Waals surface area contributed by atoms with E-state index >= 15 is 0 Å². The first-order chi connectivity index (χ1) is 17.1. The third-order valence-electron chi connectivity index (χ3n) is 6.05. The number of methoxy groups -OCH3 is 1. The van der Waals surface area contributed by atoms with Crippen LogP contribution in [0.2, 0.25) is 0 Å². The monoisotopic (exact) mass is 461 g/mol. The molecule has 0 bridgehead atoms. The van der Waals surface area contributed by atoms with E-state index in [4.69, 9.17) is 9.72 Å². The third kappa shape index (κ3) is 4.18. The van der Waals surface area contributed by atoms with Gasteiger partial charge in [0.25, 0.3) is 0 Å². The number of nitrogens with one attached hydrogen (secondary N) is 1.